The van der Waals surface area contributed by atoms with Gasteiger partial charge in [-0.2, -0.15) is 0 Å². The SMILES string of the molecule is CC(=O)O.O=C(c1ccccc1O)c1c(O)[nH]c(=O)[nH]c1=O. The second kappa shape index (κ2) is 6.88. The van der Waals surface area contributed by atoms with Gasteiger partial charge in [0.1, 0.15) is 11.3 Å². The van der Waals surface area contributed by atoms with Gasteiger partial charge in [0.2, 0.25) is 11.7 Å². The van der Waals surface area contributed by atoms with E-state index in [0.29, 0.717) is 0 Å². The third-order valence-electron chi connectivity index (χ3n) is 2.30. The van der Waals surface area contributed by atoms with Crippen LogP contribution in [0.1, 0.15) is 22.8 Å². The van der Waals surface area contributed by atoms with E-state index >= 15 is 0 Å². The predicted molar refractivity (Wildman–Crippen MR) is 74.2 cm³/mol. The number of hydrogen-bond acceptors (Lipinski definition) is 6. The zero-order chi connectivity index (χ0) is 16.9. The maximum atomic E-state index is 12.0. The minimum absolute atomic E-state index is 0.148. The molecule has 1 heterocycles. The molecule has 2 aromatic rings. The van der Waals surface area contributed by atoms with Gasteiger partial charge in [0.25, 0.3) is 11.5 Å². The number of carbonyl (C=O) groups is 2. The van der Waals surface area contributed by atoms with Crippen molar-refractivity contribution in [3.05, 3.63) is 56.2 Å². The maximum absolute atomic E-state index is 12.0. The average Bonchev–Trinajstić information content (AvgIpc) is 2.37. The summed E-state index contributed by atoms with van der Waals surface area (Å²) < 4.78 is 0. The molecule has 0 amide bonds. The number of H-pyrrole nitrogens is 2. The first kappa shape index (κ1) is 16.7. The van der Waals surface area contributed by atoms with Gasteiger partial charge in [-0.3, -0.25) is 24.4 Å². The average molecular weight is 308 g/mol. The Morgan fingerprint density at radius 3 is 2.09 bits per heavy atom. The monoisotopic (exact) mass is 308 g/mol. The van der Waals surface area contributed by atoms with Gasteiger partial charge in [0.15, 0.2) is 0 Å². The van der Waals surface area contributed by atoms with Crippen LogP contribution in [0.4, 0.5) is 0 Å². The van der Waals surface area contributed by atoms with Crippen molar-refractivity contribution in [3.8, 4) is 11.6 Å². The summed E-state index contributed by atoms with van der Waals surface area (Å²) >= 11 is 0. The number of carboxylic acid groups (broad SMARTS) is 1. The van der Waals surface area contributed by atoms with Crippen molar-refractivity contribution in [2.24, 2.45) is 0 Å². The molecule has 0 fully saturated rings. The Kier molecular flexibility index (Phi) is 5.22. The summed E-state index contributed by atoms with van der Waals surface area (Å²) in [4.78, 5) is 47.0. The molecule has 5 N–H and O–H groups in total. The summed E-state index contributed by atoms with van der Waals surface area (Å²) in [5.74, 6) is -2.88. The highest BCUT2D eigenvalue weighted by Crippen LogP contribution is 2.20. The molecule has 9 heteroatoms. The molecule has 0 aliphatic rings. The standard InChI is InChI=1S/C11H8N2O5.C2H4O2/c14-6-4-2-1-3-5(6)8(15)7-9(16)12-11(18)13-10(7)17;1-2(3)4/h1-4,14H,(H3,12,13,16,17,18);1H3,(H,3,4). The number of aromatic hydroxyl groups is 2. The van der Waals surface area contributed by atoms with Crippen LogP contribution in [0.15, 0.2) is 33.9 Å². The highest BCUT2D eigenvalue weighted by molar-refractivity contribution is 6.11. The highest BCUT2D eigenvalue weighted by atomic mass is 16.4. The molecule has 1 aromatic carbocycles. The first-order chi connectivity index (χ1) is 10.2. The fraction of sp³-hybridized carbons (Fsp3) is 0.0769. The molecule has 0 saturated carbocycles. The Hall–Kier alpha value is -3.36. The Morgan fingerprint density at radius 2 is 1.59 bits per heavy atom. The van der Waals surface area contributed by atoms with E-state index in [1.807, 2.05) is 9.97 Å². The Morgan fingerprint density at radius 1 is 1.05 bits per heavy atom. The molecule has 9 nitrogen and oxygen atoms in total. The van der Waals surface area contributed by atoms with Gasteiger partial charge < -0.3 is 15.3 Å². The number of hydrogen-bond donors (Lipinski definition) is 5. The number of aromatic amines is 2. The van der Waals surface area contributed by atoms with Gasteiger partial charge in [0.05, 0.1) is 5.56 Å². The van der Waals surface area contributed by atoms with Crippen LogP contribution >= 0.6 is 0 Å². The van der Waals surface area contributed by atoms with Gasteiger partial charge in [-0.05, 0) is 12.1 Å². The van der Waals surface area contributed by atoms with Gasteiger partial charge in [-0.25, -0.2) is 4.79 Å². The number of para-hydroxylation sites is 1. The number of phenols is 1. The van der Waals surface area contributed by atoms with Gasteiger partial charge in [-0.15, -0.1) is 0 Å². The first-order valence-electron chi connectivity index (χ1n) is 5.81. The van der Waals surface area contributed by atoms with Crippen LogP contribution in [0.5, 0.6) is 11.6 Å². The third kappa shape index (κ3) is 4.07. The van der Waals surface area contributed by atoms with Crippen LogP contribution in [0.2, 0.25) is 0 Å². The van der Waals surface area contributed by atoms with Crippen molar-refractivity contribution in [2.45, 2.75) is 6.92 Å². The predicted octanol–water partition coefficient (Wildman–Crippen LogP) is -0.204. The van der Waals surface area contributed by atoms with E-state index in [9.17, 15) is 24.6 Å². The third-order valence-corrected chi connectivity index (χ3v) is 2.30. The molecule has 0 aliphatic carbocycles. The fourth-order valence-corrected chi connectivity index (χ4v) is 1.49. The van der Waals surface area contributed by atoms with Crippen molar-refractivity contribution in [3.63, 3.8) is 0 Å². The lowest BCUT2D eigenvalue weighted by Crippen LogP contribution is -2.27. The summed E-state index contributed by atoms with van der Waals surface area (Å²) in [6.45, 7) is 1.08. The van der Waals surface area contributed by atoms with Crippen LogP contribution < -0.4 is 11.2 Å². The number of nitrogens with one attached hydrogen (secondary N) is 2. The molecular formula is C13H12N2O7. The molecule has 0 aliphatic heterocycles. The lowest BCUT2D eigenvalue weighted by atomic mass is 10.0. The van der Waals surface area contributed by atoms with E-state index in [1.165, 1.54) is 24.3 Å². The molecule has 0 radical (unpaired) electrons. The van der Waals surface area contributed by atoms with E-state index in [4.69, 9.17) is 9.90 Å². The Bertz CT molecular complexity index is 816. The molecule has 0 bridgehead atoms. The molecule has 1 aromatic heterocycles. The van der Waals surface area contributed by atoms with E-state index in [2.05, 4.69) is 0 Å². The van der Waals surface area contributed by atoms with E-state index in [-0.39, 0.29) is 11.3 Å². The number of aliphatic carboxylic acids is 1. The normalized spacial score (nSPS) is 9.50. The quantitative estimate of drug-likeness (QED) is 0.480. The van der Waals surface area contributed by atoms with E-state index in [0.717, 1.165) is 6.92 Å². The van der Waals surface area contributed by atoms with Crippen LogP contribution in [0, 0.1) is 0 Å². The summed E-state index contributed by atoms with van der Waals surface area (Å²) in [5, 5.41) is 26.3. The Balaban J connectivity index is 0.000000541. The summed E-state index contributed by atoms with van der Waals surface area (Å²) in [5.41, 5.74) is -2.72. The molecule has 0 spiro atoms. The summed E-state index contributed by atoms with van der Waals surface area (Å²) in [6, 6.07) is 5.55. The van der Waals surface area contributed by atoms with Crippen molar-refractivity contribution in [1.29, 1.82) is 0 Å². The smallest absolute Gasteiger partial charge is 0.328 e. The maximum Gasteiger partial charge on any atom is 0.328 e. The molecule has 0 atom stereocenters. The minimum atomic E-state index is -1.02. The van der Waals surface area contributed by atoms with E-state index in [1.54, 1.807) is 0 Å². The van der Waals surface area contributed by atoms with Gasteiger partial charge in [0, 0.05) is 6.92 Å². The molecule has 0 saturated heterocycles. The van der Waals surface area contributed by atoms with Crippen LogP contribution in [0.3, 0.4) is 0 Å². The van der Waals surface area contributed by atoms with Crippen molar-refractivity contribution in [1.82, 2.24) is 9.97 Å². The number of carboxylic acids is 1. The van der Waals surface area contributed by atoms with Crippen molar-refractivity contribution in [2.75, 3.05) is 0 Å². The number of benzene rings is 1. The number of ketones is 1. The number of carbonyl (C=O) groups excluding carboxylic acids is 1. The molecule has 2 rings (SSSR count). The van der Waals surface area contributed by atoms with Gasteiger partial charge >= 0.3 is 5.69 Å². The van der Waals surface area contributed by atoms with Crippen molar-refractivity contribution >= 4 is 11.8 Å². The van der Waals surface area contributed by atoms with E-state index < -0.39 is 34.4 Å². The van der Waals surface area contributed by atoms with Crippen LogP contribution in [0.25, 0.3) is 0 Å². The van der Waals surface area contributed by atoms with Gasteiger partial charge in [-0.1, -0.05) is 12.1 Å². The van der Waals surface area contributed by atoms with Crippen LogP contribution in [-0.2, 0) is 4.79 Å². The number of rotatable bonds is 2. The second-order valence-electron chi connectivity index (χ2n) is 4.00. The van der Waals surface area contributed by atoms with Crippen LogP contribution in [-0.4, -0.2) is 37.0 Å². The second-order valence-corrected chi connectivity index (χ2v) is 4.00. The molecule has 116 valence electrons. The first-order valence-corrected chi connectivity index (χ1v) is 5.81. The lowest BCUT2D eigenvalue weighted by Gasteiger charge is -2.03. The molecule has 22 heavy (non-hydrogen) atoms. The molecule has 0 unspecified atom stereocenters. The topological polar surface area (TPSA) is 161 Å². The lowest BCUT2D eigenvalue weighted by molar-refractivity contribution is -0.134. The van der Waals surface area contributed by atoms with Crippen molar-refractivity contribution < 1.29 is 24.9 Å². The highest BCUT2D eigenvalue weighted by Gasteiger charge is 2.21. The number of aromatic nitrogens is 2. The summed E-state index contributed by atoms with van der Waals surface area (Å²) in [7, 11) is 0. The zero-order valence-electron chi connectivity index (χ0n) is 11.3. The largest absolute Gasteiger partial charge is 0.507 e. The summed E-state index contributed by atoms with van der Waals surface area (Å²) in [6.07, 6.45) is 0. The number of phenolic OH excluding ortho intramolecular Hbond substituents is 1. The zero-order valence-corrected chi connectivity index (χ0v) is 11.3. The molecular weight excluding hydrogens is 296 g/mol. The minimum Gasteiger partial charge on any atom is -0.507 e. The fourth-order valence-electron chi connectivity index (χ4n) is 1.49. The Labute approximate surface area is 122 Å².